The van der Waals surface area contributed by atoms with Crippen LogP contribution < -0.4 is 5.32 Å². The first kappa shape index (κ1) is 21.6. The van der Waals surface area contributed by atoms with Gasteiger partial charge in [-0.3, -0.25) is 0 Å². The van der Waals surface area contributed by atoms with Gasteiger partial charge in [-0.25, -0.2) is 9.07 Å². The van der Waals surface area contributed by atoms with Crippen LogP contribution in [0.5, 0.6) is 0 Å². The van der Waals surface area contributed by atoms with Crippen molar-refractivity contribution in [3.63, 3.8) is 0 Å². The Labute approximate surface area is 188 Å². The molecule has 0 spiro atoms. The number of rotatable bonds is 4. The van der Waals surface area contributed by atoms with E-state index in [0.29, 0.717) is 5.56 Å². The van der Waals surface area contributed by atoms with Gasteiger partial charge in [0.05, 0.1) is 22.6 Å². The molecule has 31 heavy (non-hydrogen) atoms. The number of aromatic nitrogens is 3. The summed E-state index contributed by atoms with van der Waals surface area (Å²) in [7, 11) is 0. The van der Waals surface area contributed by atoms with Crippen molar-refractivity contribution in [1.29, 1.82) is 0 Å². The summed E-state index contributed by atoms with van der Waals surface area (Å²) >= 11 is 0. The maximum absolute atomic E-state index is 15.0. The van der Waals surface area contributed by atoms with Gasteiger partial charge in [-0.2, -0.15) is 5.10 Å². The lowest BCUT2D eigenvalue weighted by atomic mass is 9.96. The van der Waals surface area contributed by atoms with E-state index in [-0.39, 0.29) is 18.2 Å². The van der Waals surface area contributed by atoms with Crippen molar-refractivity contribution >= 4 is 23.3 Å². The largest absolute Gasteiger partial charge is 0.361 e. The molecule has 6 heteroatoms. The van der Waals surface area contributed by atoms with E-state index < -0.39 is 0 Å². The average Bonchev–Trinajstić information content (AvgIpc) is 3.41. The van der Waals surface area contributed by atoms with Crippen molar-refractivity contribution in [3.05, 3.63) is 70.3 Å². The number of aromatic amines is 1. The zero-order valence-corrected chi connectivity index (χ0v) is 19.0. The number of hydrogen-bond donors (Lipinski definition) is 2. The Bertz CT molecular complexity index is 1230. The van der Waals surface area contributed by atoms with Gasteiger partial charge in [0.15, 0.2) is 0 Å². The highest BCUT2D eigenvalue weighted by Gasteiger charge is 2.26. The number of halogens is 2. The molecule has 3 heterocycles. The SMILES string of the molecule is CCc1cccc(CC)c1-n1nc2c(c1-c1cc(F)c(C)c3[nH]ccc13)CNCC2.Cl. The Hall–Kier alpha value is -2.63. The number of fused-ring (bicyclic) bond motifs is 2. The minimum absolute atomic E-state index is 0. The third-order valence-corrected chi connectivity index (χ3v) is 6.38. The molecular weight excluding hydrogens is 411 g/mol. The Morgan fingerprint density at radius 2 is 1.87 bits per heavy atom. The summed E-state index contributed by atoms with van der Waals surface area (Å²) in [5.74, 6) is -0.190. The molecule has 0 fully saturated rings. The van der Waals surface area contributed by atoms with E-state index in [9.17, 15) is 4.39 Å². The monoisotopic (exact) mass is 438 g/mol. The number of nitrogens with zero attached hydrogens (tertiary/aromatic N) is 2. The molecule has 162 valence electrons. The van der Waals surface area contributed by atoms with E-state index in [2.05, 4.69) is 47.0 Å². The van der Waals surface area contributed by atoms with Crippen molar-refractivity contribution in [2.24, 2.45) is 0 Å². The van der Waals surface area contributed by atoms with E-state index >= 15 is 0 Å². The second-order valence-electron chi connectivity index (χ2n) is 8.04. The van der Waals surface area contributed by atoms with Crippen molar-refractivity contribution < 1.29 is 4.39 Å². The molecule has 5 rings (SSSR count). The first-order chi connectivity index (χ1) is 14.6. The molecule has 0 radical (unpaired) electrons. The van der Waals surface area contributed by atoms with Crippen LogP contribution in [-0.4, -0.2) is 21.3 Å². The minimum atomic E-state index is -0.190. The standard InChI is InChI=1S/C25H27FN4.ClH/c1-4-16-7-6-8-17(5-2)24(16)30-25(20-14-27-11-10-22(20)29-30)19-13-21(26)15(3)23-18(19)9-12-28-23;/h6-9,12-13,27-28H,4-5,10-11,14H2,1-3H3;1H. The van der Waals surface area contributed by atoms with Gasteiger partial charge < -0.3 is 10.3 Å². The molecule has 0 saturated carbocycles. The van der Waals surface area contributed by atoms with Gasteiger partial charge in [0.25, 0.3) is 0 Å². The van der Waals surface area contributed by atoms with E-state index in [1.54, 1.807) is 6.07 Å². The third kappa shape index (κ3) is 3.36. The maximum Gasteiger partial charge on any atom is 0.128 e. The molecule has 2 aromatic carbocycles. The van der Waals surface area contributed by atoms with Crippen LogP contribution in [0.3, 0.4) is 0 Å². The lowest BCUT2D eigenvalue weighted by Gasteiger charge is -2.18. The van der Waals surface area contributed by atoms with Crippen LogP contribution in [0, 0.1) is 12.7 Å². The minimum Gasteiger partial charge on any atom is -0.361 e. The maximum atomic E-state index is 15.0. The fourth-order valence-electron chi connectivity index (χ4n) is 4.76. The molecule has 0 saturated heterocycles. The summed E-state index contributed by atoms with van der Waals surface area (Å²) in [5.41, 5.74) is 9.39. The fourth-order valence-corrected chi connectivity index (χ4v) is 4.76. The highest BCUT2D eigenvalue weighted by molar-refractivity contribution is 5.97. The molecule has 1 aliphatic rings. The second kappa shape index (κ2) is 8.48. The van der Waals surface area contributed by atoms with Crippen LogP contribution >= 0.6 is 12.4 Å². The normalized spacial score (nSPS) is 13.3. The van der Waals surface area contributed by atoms with Crippen LogP contribution in [0.2, 0.25) is 0 Å². The van der Waals surface area contributed by atoms with Gasteiger partial charge in [0, 0.05) is 47.8 Å². The van der Waals surface area contributed by atoms with Crippen LogP contribution in [0.25, 0.3) is 27.8 Å². The van der Waals surface area contributed by atoms with E-state index in [1.165, 1.54) is 16.7 Å². The Balaban J connectivity index is 0.00000231. The summed E-state index contributed by atoms with van der Waals surface area (Å²) in [6.07, 6.45) is 4.62. The lowest BCUT2D eigenvalue weighted by Crippen LogP contribution is -2.23. The number of para-hydroxylation sites is 1. The van der Waals surface area contributed by atoms with Crippen molar-refractivity contribution in [2.45, 2.75) is 46.6 Å². The highest BCUT2D eigenvalue weighted by Crippen LogP contribution is 2.38. The molecule has 0 aliphatic carbocycles. The predicted molar refractivity (Wildman–Crippen MR) is 127 cm³/mol. The summed E-state index contributed by atoms with van der Waals surface area (Å²) in [4.78, 5) is 3.23. The van der Waals surface area contributed by atoms with E-state index in [0.717, 1.165) is 65.9 Å². The van der Waals surface area contributed by atoms with Gasteiger partial charge in [-0.05, 0) is 43.0 Å². The summed E-state index contributed by atoms with van der Waals surface area (Å²) < 4.78 is 17.1. The molecule has 1 aliphatic heterocycles. The summed E-state index contributed by atoms with van der Waals surface area (Å²) in [5, 5.41) is 9.63. The number of nitrogens with one attached hydrogen (secondary N) is 2. The van der Waals surface area contributed by atoms with Gasteiger partial charge in [0.1, 0.15) is 5.82 Å². The highest BCUT2D eigenvalue weighted by atomic mass is 35.5. The molecule has 4 nitrogen and oxygen atoms in total. The first-order valence-corrected chi connectivity index (χ1v) is 10.8. The zero-order valence-electron chi connectivity index (χ0n) is 18.2. The number of benzene rings is 2. The molecule has 4 aromatic rings. The second-order valence-corrected chi connectivity index (χ2v) is 8.04. The third-order valence-electron chi connectivity index (χ3n) is 6.38. The summed E-state index contributed by atoms with van der Waals surface area (Å²) in [6, 6.07) is 10.2. The van der Waals surface area contributed by atoms with Gasteiger partial charge in [0.2, 0.25) is 0 Å². The van der Waals surface area contributed by atoms with E-state index in [4.69, 9.17) is 5.10 Å². The van der Waals surface area contributed by atoms with Gasteiger partial charge in [-0.15, -0.1) is 12.4 Å². The Morgan fingerprint density at radius 3 is 2.58 bits per heavy atom. The van der Waals surface area contributed by atoms with E-state index in [1.807, 2.05) is 19.2 Å². The molecule has 0 unspecified atom stereocenters. The van der Waals surface area contributed by atoms with Crippen molar-refractivity contribution in [2.75, 3.05) is 6.54 Å². The number of hydrogen-bond acceptors (Lipinski definition) is 2. The molecule has 2 N–H and O–H groups in total. The topological polar surface area (TPSA) is 45.6 Å². The number of aryl methyl sites for hydroxylation is 3. The fraction of sp³-hybridized carbons (Fsp3) is 0.320. The van der Waals surface area contributed by atoms with Crippen LogP contribution in [-0.2, 0) is 25.8 Å². The van der Waals surface area contributed by atoms with Crippen molar-refractivity contribution in [3.8, 4) is 16.9 Å². The first-order valence-electron chi connectivity index (χ1n) is 10.8. The molecule has 0 atom stereocenters. The predicted octanol–water partition coefficient (Wildman–Crippen LogP) is 5.66. The van der Waals surface area contributed by atoms with Crippen LogP contribution in [0.15, 0.2) is 36.5 Å². The quantitative estimate of drug-likeness (QED) is 0.431. The molecule has 0 bridgehead atoms. The van der Waals surface area contributed by atoms with Crippen LogP contribution in [0.1, 0.15) is 41.8 Å². The average molecular weight is 439 g/mol. The number of H-pyrrole nitrogens is 1. The Kier molecular flexibility index (Phi) is 5.91. The molecular formula is C25H28ClFN4. The lowest BCUT2D eigenvalue weighted by molar-refractivity contribution is 0.620. The van der Waals surface area contributed by atoms with Crippen molar-refractivity contribution in [1.82, 2.24) is 20.1 Å². The summed E-state index contributed by atoms with van der Waals surface area (Å²) in [6.45, 7) is 7.86. The Morgan fingerprint density at radius 1 is 1.13 bits per heavy atom. The van der Waals surface area contributed by atoms with Crippen LogP contribution in [0.4, 0.5) is 4.39 Å². The molecule has 0 amide bonds. The smallest absolute Gasteiger partial charge is 0.128 e. The van der Waals surface area contributed by atoms with Gasteiger partial charge in [-0.1, -0.05) is 32.0 Å². The zero-order chi connectivity index (χ0) is 20.8. The molecule has 2 aromatic heterocycles. The van der Waals surface area contributed by atoms with Gasteiger partial charge >= 0.3 is 0 Å².